The number of hydrogen-bond donors (Lipinski definition) is 1. The molecule has 1 saturated heterocycles. The van der Waals surface area contributed by atoms with Crippen LogP contribution in [0.3, 0.4) is 0 Å². The molecule has 1 aromatic rings. The van der Waals surface area contributed by atoms with E-state index in [9.17, 15) is 4.79 Å². The van der Waals surface area contributed by atoms with E-state index >= 15 is 0 Å². The molecule has 0 radical (unpaired) electrons. The van der Waals surface area contributed by atoms with Gasteiger partial charge in [0.1, 0.15) is 0 Å². The van der Waals surface area contributed by atoms with Gasteiger partial charge in [0.2, 0.25) is 0 Å². The highest BCUT2D eigenvalue weighted by molar-refractivity contribution is 7.80. The Hall–Kier alpha value is -1.47. The molecule has 6 nitrogen and oxygen atoms in total. The third kappa shape index (κ3) is 3.41. The lowest BCUT2D eigenvalue weighted by atomic mass is 10.1. The minimum absolute atomic E-state index is 0.0589. The lowest BCUT2D eigenvalue weighted by Crippen LogP contribution is -2.54. The fourth-order valence-electron chi connectivity index (χ4n) is 2.86. The normalized spacial score (nSPS) is 17.8. The summed E-state index contributed by atoms with van der Waals surface area (Å²) >= 11 is 5.12. The molecule has 116 valence electrons. The van der Waals surface area contributed by atoms with Crippen LogP contribution in [-0.2, 0) is 7.05 Å². The number of nitrogens with zero attached hydrogens (tertiary/aromatic N) is 4. The van der Waals surface area contributed by atoms with Gasteiger partial charge >= 0.3 is 0 Å². The van der Waals surface area contributed by atoms with Crippen LogP contribution in [0, 0.1) is 6.92 Å². The molecule has 0 saturated carbocycles. The maximum atomic E-state index is 12.5. The van der Waals surface area contributed by atoms with Crippen LogP contribution in [-0.4, -0.2) is 62.7 Å². The summed E-state index contributed by atoms with van der Waals surface area (Å²) < 4.78 is 1.68. The molecular weight excluding hydrogens is 286 g/mol. The van der Waals surface area contributed by atoms with E-state index in [0.717, 1.165) is 25.2 Å². The van der Waals surface area contributed by atoms with Crippen LogP contribution in [0.1, 0.15) is 29.4 Å². The number of hydrogen-bond acceptors (Lipinski definition) is 4. The van der Waals surface area contributed by atoms with Crippen LogP contribution in [0.2, 0.25) is 0 Å². The standard InChI is InChI=1S/C14H23N5OS/c1-4-12(13(15)21)18-5-7-19(8-6-18)14(20)11-9-17(3)16-10(11)2/h9,12H,4-8H2,1-3H3,(H2,15,21). The average molecular weight is 309 g/mol. The van der Waals surface area contributed by atoms with E-state index < -0.39 is 0 Å². The quantitative estimate of drug-likeness (QED) is 0.823. The van der Waals surface area contributed by atoms with Gasteiger partial charge < -0.3 is 10.6 Å². The first-order valence-electron chi connectivity index (χ1n) is 7.27. The zero-order valence-corrected chi connectivity index (χ0v) is 13.7. The van der Waals surface area contributed by atoms with Crippen molar-refractivity contribution in [2.45, 2.75) is 26.3 Å². The molecule has 1 aliphatic heterocycles. The van der Waals surface area contributed by atoms with Crippen molar-refractivity contribution in [2.24, 2.45) is 12.8 Å². The molecule has 1 atom stereocenters. The maximum Gasteiger partial charge on any atom is 0.257 e. The Labute approximate surface area is 130 Å². The highest BCUT2D eigenvalue weighted by Gasteiger charge is 2.28. The number of amides is 1. The van der Waals surface area contributed by atoms with Gasteiger partial charge in [-0.05, 0) is 13.3 Å². The van der Waals surface area contributed by atoms with E-state index in [1.54, 1.807) is 10.9 Å². The lowest BCUT2D eigenvalue weighted by Gasteiger charge is -2.38. The third-order valence-corrected chi connectivity index (χ3v) is 4.27. The molecular formula is C14H23N5OS. The van der Waals surface area contributed by atoms with Gasteiger partial charge in [-0.25, -0.2) is 0 Å². The lowest BCUT2D eigenvalue weighted by molar-refractivity contribution is 0.0611. The van der Waals surface area contributed by atoms with Crippen LogP contribution in [0.4, 0.5) is 0 Å². The van der Waals surface area contributed by atoms with Crippen molar-refractivity contribution in [2.75, 3.05) is 26.2 Å². The molecule has 2 N–H and O–H groups in total. The number of aryl methyl sites for hydroxylation is 2. The van der Waals surface area contributed by atoms with E-state index in [2.05, 4.69) is 16.9 Å². The summed E-state index contributed by atoms with van der Waals surface area (Å²) in [5, 5.41) is 4.23. The van der Waals surface area contributed by atoms with Crippen LogP contribution >= 0.6 is 12.2 Å². The molecule has 1 amide bonds. The van der Waals surface area contributed by atoms with E-state index in [1.165, 1.54) is 0 Å². The topological polar surface area (TPSA) is 67.4 Å². The molecule has 2 rings (SSSR count). The second-order valence-corrected chi connectivity index (χ2v) is 5.93. The molecule has 0 aromatic carbocycles. The number of carbonyl (C=O) groups is 1. The number of carbonyl (C=O) groups excluding carboxylic acids is 1. The Morgan fingerprint density at radius 2 is 2.05 bits per heavy atom. The van der Waals surface area contributed by atoms with Crippen molar-refractivity contribution in [1.82, 2.24) is 19.6 Å². The first-order valence-corrected chi connectivity index (χ1v) is 7.67. The van der Waals surface area contributed by atoms with Gasteiger partial charge in [0.05, 0.1) is 22.3 Å². The van der Waals surface area contributed by atoms with E-state index in [4.69, 9.17) is 18.0 Å². The van der Waals surface area contributed by atoms with Gasteiger partial charge in [0, 0.05) is 39.4 Å². The number of thiocarbonyl (C=S) groups is 1. The first kappa shape index (κ1) is 15.9. The molecule has 0 bridgehead atoms. The van der Waals surface area contributed by atoms with Crippen LogP contribution in [0.5, 0.6) is 0 Å². The smallest absolute Gasteiger partial charge is 0.257 e. The van der Waals surface area contributed by atoms with Crippen molar-refractivity contribution in [1.29, 1.82) is 0 Å². The van der Waals surface area contributed by atoms with E-state index in [0.29, 0.717) is 23.6 Å². The molecule has 1 unspecified atom stereocenters. The van der Waals surface area contributed by atoms with Crippen molar-refractivity contribution in [3.63, 3.8) is 0 Å². The molecule has 1 fully saturated rings. The highest BCUT2D eigenvalue weighted by Crippen LogP contribution is 2.14. The Morgan fingerprint density at radius 1 is 1.43 bits per heavy atom. The summed E-state index contributed by atoms with van der Waals surface area (Å²) in [6.45, 7) is 6.96. The van der Waals surface area contributed by atoms with Gasteiger partial charge in [-0.2, -0.15) is 5.10 Å². The number of nitrogens with two attached hydrogens (primary N) is 1. The van der Waals surface area contributed by atoms with E-state index in [-0.39, 0.29) is 11.9 Å². The minimum Gasteiger partial charge on any atom is -0.392 e. The summed E-state index contributed by atoms with van der Waals surface area (Å²) in [4.78, 5) is 17.2. The summed E-state index contributed by atoms with van der Waals surface area (Å²) in [6, 6.07) is 0.136. The number of rotatable bonds is 4. The molecule has 0 spiro atoms. The zero-order valence-electron chi connectivity index (χ0n) is 12.9. The predicted octanol–water partition coefficient (Wildman–Crippen LogP) is 0.551. The summed E-state index contributed by atoms with van der Waals surface area (Å²) in [5.74, 6) is 0.0589. The molecule has 1 aromatic heterocycles. The van der Waals surface area contributed by atoms with Gasteiger partial charge in [-0.15, -0.1) is 0 Å². The van der Waals surface area contributed by atoms with Gasteiger partial charge in [-0.1, -0.05) is 19.1 Å². The second kappa shape index (κ2) is 6.53. The van der Waals surface area contributed by atoms with Crippen molar-refractivity contribution in [3.8, 4) is 0 Å². The average Bonchev–Trinajstić information content (AvgIpc) is 2.78. The van der Waals surface area contributed by atoms with Crippen LogP contribution < -0.4 is 5.73 Å². The molecule has 0 aliphatic carbocycles. The van der Waals surface area contributed by atoms with Crippen molar-refractivity contribution >= 4 is 23.1 Å². The van der Waals surface area contributed by atoms with Gasteiger partial charge in [0.25, 0.3) is 5.91 Å². The number of aromatic nitrogens is 2. The predicted molar refractivity (Wildman–Crippen MR) is 86.3 cm³/mol. The van der Waals surface area contributed by atoms with E-state index in [1.807, 2.05) is 18.9 Å². The van der Waals surface area contributed by atoms with Gasteiger partial charge in [-0.3, -0.25) is 14.4 Å². The summed E-state index contributed by atoms with van der Waals surface area (Å²) in [7, 11) is 1.83. The SMILES string of the molecule is CCC(C(N)=S)N1CCN(C(=O)c2cn(C)nc2C)CC1. The summed E-state index contributed by atoms with van der Waals surface area (Å²) in [5.41, 5.74) is 7.25. The van der Waals surface area contributed by atoms with Crippen LogP contribution in [0.25, 0.3) is 0 Å². The molecule has 1 aliphatic rings. The van der Waals surface area contributed by atoms with Crippen molar-refractivity contribution < 1.29 is 4.79 Å². The minimum atomic E-state index is 0.0589. The Bertz CT molecular complexity index is 533. The van der Waals surface area contributed by atoms with Gasteiger partial charge in [0.15, 0.2) is 0 Å². The fourth-order valence-corrected chi connectivity index (χ4v) is 3.17. The second-order valence-electron chi connectivity index (χ2n) is 5.46. The first-order chi connectivity index (χ1) is 9.93. The maximum absolute atomic E-state index is 12.5. The fraction of sp³-hybridized carbons (Fsp3) is 0.643. The molecule has 21 heavy (non-hydrogen) atoms. The zero-order chi connectivity index (χ0) is 15.6. The highest BCUT2D eigenvalue weighted by atomic mass is 32.1. The Kier molecular flexibility index (Phi) is 4.95. The number of piperazine rings is 1. The third-order valence-electron chi connectivity index (χ3n) is 4.00. The molecule has 2 heterocycles. The monoisotopic (exact) mass is 309 g/mol. The summed E-state index contributed by atoms with van der Waals surface area (Å²) in [6.07, 6.45) is 2.69. The Morgan fingerprint density at radius 3 is 2.48 bits per heavy atom. The largest absolute Gasteiger partial charge is 0.392 e. The Balaban J connectivity index is 1.99. The van der Waals surface area contributed by atoms with Crippen LogP contribution in [0.15, 0.2) is 6.20 Å². The van der Waals surface area contributed by atoms with Crippen molar-refractivity contribution in [3.05, 3.63) is 17.5 Å². The molecule has 7 heteroatoms.